The van der Waals surface area contributed by atoms with Crippen molar-refractivity contribution in [2.24, 2.45) is 0 Å². The van der Waals surface area contributed by atoms with Gasteiger partial charge < -0.3 is 4.74 Å². The van der Waals surface area contributed by atoms with Crippen LogP contribution in [0.5, 0.6) is 0 Å². The molecule has 2 amide bonds. The summed E-state index contributed by atoms with van der Waals surface area (Å²) in [5.74, 6) is -0.357. The summed E-state index contributed by atoms with van der Waals surface area (Å²) in [6.07, 6.45) is 3.07. The lowest BCUT2D eigenvalue weighted by Crippen LogP contribution is -2.31. The van der Waals surface area contributed by atoms with Gasteiger partial charge in [-0.25, -0.2) is 4.79 Å². The number of imide groups is 1. The Morgan fingerprint density at radius 1 is 1.28 bits per heavy atom. The largest absolute Gasteiger partial charge is 0.445 e. The van der Waals surface area contributed by atoms with Crippen LogP contribution in [0, 0.1) is 0 Å². The van der Waals surface area contributed by atoms with Gasteiger partial charge in [-0.3, -0.25) is 10.1 Å². The molecule has 4 nitrogen and oxygen atoms in total. The zero-order valence-corrected chi connectivity index (χ0v) is 11.4. The van der Waals surface area contributed by atoms with Gasteiger partial charge in [0, 0.05) is 11.8 Å². The predicted molar refractivity (Wildman–Crippen MR) is 73.4 cm³/mol. The summed E-state index contributed by atoms with van der Waals surface area (Å²) in [5.41, 5.74) is 1.02. The molecule has 0 radical (unpaired) electrons. The van der Waals surface area contributed by atoms with Crippen molar-refractivity contribution in [3.8, 4) is 0 Å². The van der Waals surface area contributed by atoms with E-state index in [0.717, 1.165) is 5.56 Å². The minimum Gasteiger partial charge on any atom is -0.445 e. The first-order valence-corrected chi connectivity index (χ1v) is 6.58. The van der Waals surface area contributed by atoms with Crippen molar-refractivity contribution in [3.05, 3.63) is 42.0 Å². The van der Waals surface area contributed by atoms with Gasteiger partial charge in [-0.05, 0) is 11.6 Å². The Labute approximate surface area is 114 Å². The number of alkyl halides is 1. The van der Waals surface area contributed by atoms with Crippen LogP contribution in [0.4, 0.5) is 4.79 Å². The second-order valence-corrected chi connectivity index (χ2v) is 4.19. The number of halogens is 1. The highest BCUT2D eigenvalue weighted by Crippen LogP contribution is 2.00. The number of hydrogen-bond acceptors (Lipinski definition) is 3. The smallest absolute Gasteiger partial charge is 0.414 e. The monoisotopic (exact) mass is 311 g/mol. The SMILES string of the molecule is O=C(CCBr)NC(=O)OC/C=C/c1ccccc1. The van der Waals surface area contributed by atoms with E-state index in [1.807, 2.05) is 36.4 Å². The first kappa shape index (κ1) is 14.4. The fourth-order valence-electron chi connectivity index (χ4n) is 1.17. The number of hydrogen-bond donors (Lipinski definition) is 1. The number of ether oxygens (including phenoxy) is 1. The molecule has 0 aromatic heterocycles. The number of nitrogens with one attached hydrogen (secondary N) is 1. The third-order valence-corrected chi connectivity index (χ3v) is 2.38. The molecule has 96 valence electrons. The van der Waals surface area contributed by atoms with Crippen LogP contribution in [0.3, 0.4) is 0 Å². The number of alkyl carbamates (subject to hydrolysis) is 1. The normalized spacial score (nSPS) is 10.3. The molecule has 1 rings (SSSR count). The third-order valence-electron chi connectivity index (χ3n) is 1.98. The van der Waals surface area contributed by atoms with E-state index < -0.39 is 6.09 Å². The summed E-state index contributed by atoms with van der Waals surface area (Å²) >= 11 is 3.11. The molecule has 1 aromatic rings. The zero-order chi connectivity index (χ0) is 13.2. The number of benzene rings is 1. The third kappa shape index (κ3) is 6.20. The van der Waals surface area contributed by atoms with Gasteiger partial charge in [0.05, 0.1) is 0 Å². The van der Waals surface area contributed by atoms with Gasteiger partial charge in [-0.2, -0.15) is 0 Å². The minimum absolute atomic E-state index is 0.127. The number of amides is 2. The van der Waals surface area contributed by atoms with Crippen LogP contribution in [-0.4, -0.2) is 23.9 Å². The molecule has 0 spiro atoms. The summed E-state index contributed by atoms with van der Waals surface area (Å²) in [6, 6.07) is 9.65. The van der Waals surface area contributed by atoms with Gasteiger partial charge in [0.1, 0.15) is 6.61 Å². The number of rotatable bonds is 5. The van der Waals surface area contributed by atoms with Gasteiger partial charge in [0.2, 0.25) is 5.91 Å². The van der Waals surface area contributed by atoms with Crippen LogP contribution < -0.4 is 5.32 Å². The Bertz CT molecular complexity index is 418. The lowest BCUT2D eigenvalue weighted by molar-refractivity contribution is -0.119. The molecule has 0 unspecified atom stereocenters. The van der Waals surface area contributed by atoms with Gasteiger partial charge in [-0.1, -0.05) is 52.3 Å². The van der Waals surface area contributed by atoms with Crippen LogP contribution in [0.2, 0.25) is 0 Å². The first-order chi connectivity index (χ1) is 8.72. The van der Waals surface area contributed by atoms with Crippen LogP contribution in [0.15, 0.2) is 36.4 Å². The maximum Gasteiger partial charge on any atom is 0.414 e. The molecule has 5 heteroatoms. The highest BCUT2D eigenvalue weighted by Gasteiger charge is 2.06. The molecule has 0 atom stereocenters. The topological polar surface area (TPSA) is 55.4 Å². The Kier molecular flexibility index (Phi) is 6.79. The molecule has 0 bridgehead atoms. The lowest BCUT2D eigenvalue weighted by Gasteiger charge is -2.02. The van der Waals surface area contributed by atoms with Crippen LogP contribution in [-0.2, 0) is 9.53 Å². The van der Waals surface area contributed by atoms with E-state index in [-0.39, 0.29) is 18.9 Å². The van der Waals surface area contributed by atoms with Crippen molar-refractivity contribution in [3.63, 3.8) is 0 Å². The van der Waals surface area contributed by atoms with Crippen LogP contribution in [0.1, 0.15) is 12.0 Å². The van der Waals surface area contributed by atoms with Crippen molar-refractivity contribution < 1.29 is 14.3 Å². The fraction of sp³-hybridized carbons (Fsp3) is 0.231. The average Bonchev–Trinajstić information content (AvgIpc) is 2.36. The Balaban J connectivity index is 2.23. The predicted octanol–water partition coefficient (Wildman–Crippen LogP) is 2.74. The van der Waals surface area contributed by atoms with Crippen molar-refractivity contribution >= 4 is 34.0 Å². The van der Waals surface area contributed by atoms with E-state index in [2.05, 4.69) is 21.2 Å². The van der Waals surface area contributed by atoms with Crippen molar-refractivity contribution in [2.75, 3.05) is 11.9 Å². The van der Waals surface area contributed by atoms with E-state index in [1.165, 1.54) is 0 Å². The van der Waals surface area contributed by atoms with Gasteiger partial charge in [-0.15, -0.1) is 0 Å². The van der Waals surface area contributed by atoms with Gasteiger partial charge in [0.15, 0.2) is 0 Å². The second kappa shape index (κ2) is 8.47. The molecule has 1 N–H and O–H groups in total. The Morgan fingerprint density at radius 3 is 2.67 bits per heavy atom. The summed E-state index contributed by atoms with van der Waals surface area (Å²) in [7, 11) is 0. The molecule has 0 heterocycles. The lowest BCUT2D eigenvalue weighted by atomic mass is 10.2. The van der Waals surface area contributed by atoms with Gasteiger partial charge >= 0.3 is 6.09 Å². The number of carbonyl (C=O) groups is 2. The van der Waals surface area contributed by atoms with E-state index in [1.54, 1.807) is 6.08 Å². The average molecular weight is 312 g/mol. The minimum atomic E-state index is -0.723. The highest BCUT2D eigenvalue weighted by atomic mass is 79.9. The standard InChI is InChI=1S/C13H14BrNO3/c14-9-8-12(16)15-13(17)18-10-4-7-11-5-2-1-3-6-11/h1-7H,8-10H2,(H,15,16,17)/b7-4+. The molecule has 18 heavy (non-hydrogen) atoms. The quantitative estimate of drug-likeness (QED) is 0.851. The first-order valence-electron chi connectivity index (χ1n) is 5.46. The maximum absolute atomic E-state index is 11.1. The zero-order valence-electron chi connectivity index (χ0n) is 9.77. The number of carbonyl (C=O) groups excluding carboxylic acids is 2. The summed E-state index contributed by atoms with van der Waals surface area (Å²) < 4.78 is 4.81. The molecule has 0 saturated carbocycles. The Morgan fingerprint density at radius 2 is 2.00 bits per heavy atom. The van der Waals surface area contributed by atoms with Crippen molar-refractivity contribution in [1.29, 1.82) is 0 Å². The molecular formula is C13H14BrNO3. The van der Waals surface area contributed by atoms with E-state index >= 15 is 0 Å². The maximum atomic E-state index is 11.1. The van der Waals surface area contributed by atoms with E-state index in [0.29, 0.717) is 5.33 Å². The Hall–Kier alpha value is -1.62. The molecular weight excluding hydrogens is 298 g/mol. The molecule has 1 aromatic carbocycles. The van der Waals surface area contributed by atoms with Crippen LogP contribution in [0.25, 0.3) is 6.08 Å². The molecule has 0 saturated heterocycles. The molecule has 0 aliphatic heterocycles. The summed E-state index contributed by atoms with van der Waals surface area (Å²) in [5, 5.41) is 2.63. The van der Waals surface area contributed by atoms with Gasteiger partial charge in [0.25, 0.3) is 0 Å². The highest BCUT2D eigenvalue weighted by molar-refractivity contribution is 9.09. The van der Waals surface area contributed by atoms with Crippen molar-refractivity contribution in [2.45, 2.75) is 6.42 Å². The van der Waals surface area contributed by atoms with E-state index in [9.17, 15) is 9.59 Å². The van der Waals surface area contributed by atoms with Crippen molar-refractivity contribution in [1.82, 2.24) is 5.32 Å². The fourth-order valence-corrected chi connectivity index (χ4v) is 1.53. The van der Waals surface area contributed by atoms with Crippen LogP contribution >= 0.6 is 15.9 Å². The molecule has 0 fully saturated rings. The summed E-state index contributed by atoms with van der Waals surface area (Å²) in [4.78, 5) is 22.2. The summed E-state index contributed by atoms with van der Waals surface area (Å²) in [6.45, 7) is 0.127. The molecule has 0 aliphatic rings. The second-order valence-electron chi connectivity index (χ2n) is 3.40. The van der Waals surface area contributed by atoms with E-state index in [4.69, 9.17) is 4.74 Å². The molecule has 0 aliphatic carbocycles.